The molecule has 2 aromatic carbocycles. The summed E-state index contributed by atoms with van der Waals surface area (Å²) in [7, 11) is 0. The molecule has 0 bridgehead atoms. The van der Waals surface area contributed by atoms with E-state index in [-0.39, 0.29) is 18.5 Å². The highest BCUT2D eigenvalue weighted by atomic mass is 19.1. The van der Waals surface area contributed by atoms with Crippen LogP contribution in [0.5, 0.6) is 0 Å². The molecule has 0 spiro atoms. The van der Waals surface area contributed by atoms with Gasteiger partial charge < -0.3 is 15.1 Å². The van der Waals surface area contributed by atoms with Crippen LogP contribution in [0.25, 0.3) is 0 Å². The molecule has 0 aromatic heterocycles. The van der Waals surface area contributed by atoms with E-state index in [1.54, 1.807) is 23.1 Å². The number of oxime groups is 1. The van der Waals surface area contributed by atoms with Crippen molar-refractivity contribution in [3.8, 4) is 0 Å². The number of carbonyl (C=O) groups excluding carboxylic acids is 1. The molecule has 5 nitrogen and oxygen atoms in total. The van der Waals surface area contributed by atoms with Crippen LogP contribution >= 0.6 is 0 Å². The van der Waals surface area contributed by atoms with Crippen LogP contribution in [0.1, 0.15) is 18.4 Å². The maximum absolute atomic E-state index is 13.5. The van der Waals surface area contributed by atoms with Crippen molar-refractivity contribution < 1.29 is 14.0 Å². The molecular formula is C19H20FN3O2. The van der Waals surface area contributed by atoms with Crippen LogP contribution in [-0.4, -0.2) is 29.7 Å². The number of likely N-dealkylation sites (tertiary alicyclic amines) is 1. The summed E-state index contributed by atoms with van der Waals surface area (Å²) in [5, 5.41) is 6.96. The van der Waals surface area contributed by atoms with E-state index in [0.29, 0.717) is 31.5 Å². The number of para-hydroxylation sites is 1. The van der Waals surface area contributed by atoms with E-state index in [4.69, 9.17) is 4.84 Å². The topological polar surface area (TPSA) is 53.9 Å². The van der Waals surface area contributed by atoms with Gasteiger partial charge in [0.05, 0.1) is 5.71 Å². The van der Waals surface area contributed by atoms with Gasteiger partial charge in [-0.25, -0.2) is 9.18 Å². The monoisotopic (exact) mass is 341 g/mol. The highest BCUT2D eigenvalue weighted by Crippen LogP contribution is 2.13. The van der Waals surface area contributed by atoms with Gasteiger partial charge in [-0.3, -0.25) is 0 Å². The molecule has 1 aliphatic rings. The lowest BCUT2D eigenvalue weighted by atomic mass is 10.1. The molecule has 0 radical (unpaired) electrons. The Kier molecular flexibility index (Phi) is 5.61. The number of piperidine rings is 1. The number of nitrogens with zero attached hydrogens (tertiary/aromatic N) is 2. The van der Waals surface area contributed by atoms with Gasteiger partial charge in [-0.2, -0.15) is 0 Å². The number of halogens is 1. The quantitative estimate of drug-likeness (QED) is 0.854. The Bertz CT molecular complexity index is 739. The second-order valence-electron chi connectivity index (χ2n) is 5.81. The zero-order chi connectivity index (χ0) is 17.5. The van der Waals surface area contributed by atoms with Crippen molar-refractivity contribution in [2.24, 2.45) is 5.16 Å². The third kappa shape index (κ3) is 4.79. The Labute approximate surface area is 146 Å². The van der Waals surface area contributed by atoms with E-state index in [9.17, 15) is 9.18 Å². The van der Waals surface area contributed by atoms with Gasteiger partial charge in [0.1, 0.15) is 12.4 Å². The van der Waals surface area contributed by atoms with E-state index >= 15 is 0 Å². The maximum atomic E-state index is 13.5. The van der Waals surface area contributed by atoms with E-state index in [1.165, 1.54) is 6.07 Å². The average molecular weight is 341 g/mol. The minimum absolute atomic E-state index is 0.106. The van der Waals surface area contributed by atoms with Crippen LogP contribution in [0.15, 0.2) is 59.8 Å². The second-order valence-corrected chi connectivity index (χ2v) is 5.81. The lowest BCUT2D eigenvalue weighted by Gasteiger charge is -2.27. The maximum Gasteiger partial charge on any atom is 0.321 e. The lowest BCUT2D eigenvalue weighted by Crippen LogP contribution is -2.41. The lowest BCUT2D eigenvalue weighted by molar-refractivity contribution is 0.125. The minimum Gasteiger partial charge on any atom is -0.391 e. The first-order valence-electron chi connectivity index (χ1n) is 8.24. The molecule has 0 atom stereocenters. The molecule has 2 amide bonds. The fraction of sp³-hybridized carbons (Fsp3) is 0.263. The molecule has 2 aromatic rings. The first-order chi connectivity index (χ1) is 12.2. The third-order valence-corrected chi connectivity index (χ3v) is 4.02. The number of hydrogen-bond acceptors (Lipinski definition) is 3. The standard InChI is InChI=1S/C19H20FN3O2/c20-18-9-5-4-6-15(18)14-25-22-17-10-12-23(13-11-17)19(24)21-16-7-2-1-3-8-16/h1-9H,10-14H2,(H,21,24). The predicted molar refractivity (Wildman–Crippen MR) is 94.9 cm³/mol. The summed E-state index contributed by atoms with van der Waals surface area (Å²) < 4.78 is 13.5. The van der Waals surface area contributed by atoms with Crippen molar-refractivity contribution in [2.45, 2.75) is 19.4 Å². The molecule has 0 unspecified atom stereocenters. The molecule has 0 aliphatic carbocycles. The molecule has 0 saturated carbocycles. The van der Waals surface area contributed by atoms with Crippen LogP contribution in [0.3, 0.4) is 0 Å². The van der Waals surface area contributed by atoms with E-state index < -0.39 is 0 Å². The van der Waals surface area contributed by atoms with Crippen molar-refractivity contribution in [3.63, 3.8) is 0 Å². The van der Waals surface area contributed by atoms with Gasteiger partial charge in [-0.05, 0) is 18.2 Å². The van der Waals surface area contributed by atoms with Gasteiger partial charge >= 0.3 is 6.03 Å². The Morgan fingerprint density at radius 1 is 1.08 bits per heavy atom. The van der Waals surface area contributed by atoms with E-state index in [0.717, 1.165) is 11.4 Å². The van der Waals surface area contributed by atoms with E-state index in [2.05, 4.69) is 10.5 Å². The number of hydrogen-bond donors (Lipinski definition) is 1. The van der Waals surface area contributed by atoms with Crippen LogP contribution in [0.4, 0.5) is 14.9 Å². The Balaban J connectivity index is 1.45. The van der Waals surface area contributed by atoms with Crippen molar-refractivity contribution in [3.05, 3.63) is 66.0 Å². The Morgan fingerprint density at radius 3 is 2.48 bits per heavy atom. The number of rotatable bonds is 4. The minimum atomic E-state index is -0.296. The summed E-state index contributed by atoms with van der Waals surface area (Å²) in [5.41, 5.74) is 2.15. The van der Waals surface area contributed by atoms with Gasteiger partial charge in [0.2, 0.25) is 0 Å². The molecule has 3 rings (SSSR count). The summed E-state index contributed by atoms with van der Waals surface area (Å²) in [6.45, 7) is 1.27. The first kappa shape index (κ1) is 17.0. The van der Waals surface area contributed by atoms with Crippen LogP contribution in [0.2, 0.25) is 0 Å². The fourth-order valence-electron chi connectivity index (χ4n) is 2.59. The van der Waals surface area contributed by atoms with Gasteiger partial charge in [0.15, 0.2) is 0 Å². The third-order valence-electron chi connectivity index (χ3n) is 4.02. The molecule has 1 heterocycles. The number of urea groups is 1. The zero-order valence-corrected chi connectivity index (χ0v) is 13.8. The predicted octanol–water partition coefficient (Wildman–Crippen LogP) is 4.03. The summed E-state index contributed by atoms with van der Waals surface area (Å²) in [5.74, 6) is -0.296. The van der Waals surface area contributed by atoms with Gasteiger partial charge in [-0.1, -0.05) is 41.6 Å². The molecule has 6 heteroatoms. The van der Waals surface area contributed by atoms with Gasteiger partial charge in [0, 0.05) is 37.2 Å². The number of carbonyl (C=O) groups is 1. The number of amides is 2. The molecule has 130 valence electrons. The smallest absolute Gasteiger partial charge is 0.321 e. The van der Waals surface area contributed by atoms with Gasteiger partial charge in [-0.15, -0.1) is 0 Å². The summed E-state index contributed by atoms with van der Waals surface area (Å²) >= 11 is 0. The Hall–Kier alpha value is -2.89. The summed E-state index contributed by atoms with van der Waals surface area (Å²) in [6, 6.07) is 15.7. The summed E-state index contributed by atoms with van der Waals surface area (Å²) in [4.78, 5) is 19.2. The molecule has 1 aliphatic heterocycles. The van der Waals surface area contributed by atoms with Crippen LogP contribution in [-0.2, 0) is 11.4 Å². The fourth-order valence-corrected chi connectivity index (χ4v) is 2.59. The molecule has 1 saturated heterocycles. The van der Waals surface area contributed by atoms with Crippen LogP contribution in [0, 0.1) is 5.82 Å². The Morgan fingerprint density at radius 2 is 1.76 bits per heavy atom. The first-order valence-corrected chi connectivity index (χ1v) is 8.24. The van der Waals surface area contributed by atoms with Crippen molar-refractivity contribution in [1.82, 2.24) is 4.90 Å². The van der Waals surface area contributed by atoms with E-state index in [1.807, 2.05) is 30.3 Å². The summed E-state index contributed by atoms with van der Waals surface area (Å²) in [6.07, 6.45) is 1.30. The van der Waals surface area contributed by atoms with Crippen molar-refractivity contribution >= 4 is 17.4 Å². The molecule has 1 fully saturated rings. The number of anilines is 1. The SMILES string of the molecule is O=C(Nc1ccccc1)N1CCC(=NOCc2ccccc2F)CC1. The van der Waals surface area contributed by atoms with Gasteiger partial charge in [0.25, 0.3) is 0 Å². The van der Waals surface area contributed by atoms with Crippen molar-refractivity contribution in [1.29, 1.82) is 0 Å². The normalized spacial score (nSPS) is 14.1. The largest absolute Gasteiger partial charge is 0.391 e. The van der Waals surface area contributed by atoms with Crippen molar-refractivity contribution in [2.75, 3.05) is 18.4 Å². The molecular weight excluding hydrogens is 321 g/mol. The average Bonchev–Trinajstić information content (AvgIpc) is 2.65. The number of benzene rings is 2. The highest BCUT2D eigenvalue weighted by Gasteiger charge is 2.20. The van der Waals surface area contributed by atoms with Crippen LogP contribution < -0.4 is 5.32 Å². The zero-order valence-electron chi connectivity index (χ0n) is 13.8. The molecule has 25 heavy (non-hydrogen) atoms. The molecule has 1 N–H and O–H groups in total. The second kappa shape index (κ2) is 8.28. The highest BCUT2D eigenvalue weighted by molar-refractivity contribution is 5.92. The number of nitrogens with one attached hydrogen (secondary N) is 1.